The monoisotopic (exact) mass is 136 g/mol. The van der Waals surface area contributed by atoms with Gasteiger partial charge >= 0.3 is 0 Å². The smallest absolute Gasteiger partial charge is 0.220 e. The van der Waals surface area contributed by atoms with Crippen molar-refractivity contribution in [1.82, 2.24) is 5.32 Å². The van der Waals surface area contributed by atoms with Gasteiger partial charge in [0.1, 0.15) is 0 Å². The summed E-state index contributed by atoms with van der Waals surface area (Å²) < 4.78 is 0. The molecule has 1 heterocycles. The normalized spacial score (nSPS) is 37.4. The molecule has 0 bridgehead atoms. The predicted octanol–water partition coefficient (Wildman–Crippen LogP) is 0.644. The minimum absolute atomic E-state index is 0.204. The third kappa shape index (κ3) is 0.838. The molecule has 1 fully saturated rings. The van der Waals surface area contributed by atoms with Crippen LogP contribution in [0.5, 0.6) is 0 Å². The molecule has 1 aliphatic heterocycles. The van der Waals surface area contributed by atoms with Crippen molar-refractivity contribution in [2.24, 2.45) is 5.92 Å². The lowest BCUT2D eigenvalue weighted by molar-refractivity contribution is -0.119. The standard InChI is InChI=1S/C8H10NO/c10-8-5-6-3-1-2-4-7(6)9-8/h4,6-7H,1,3,5H2,(H,9,10). The summed E-state index contributed by atoms with van der Waals surface area (Å²) in [5, 5.41) is 2.90. The molecule has 1 amide bonds. The number of fused-ring (bicyclic) bond motifs is 1. The molecule has 1 saturated heterocycles. The lowest BCUT2D eigenvalue weighted by Crippen LogP contribution is -2.28. The summed E-state index contributed by atoms with van der Waals surface area (Å²) in [6.45, 7) is 0. The van der Waals surface area contributed by atoms with Gasteiger partial charge in [-0.3, -0.25) is 4.79 Å². The number of hydrogen-bond donors (Lipinski definition) is 1. The number of carbonyl (C=O) groups is 1. The van der Waals surface area contributed by atoms with E-state index in [2.05, 4.69) is 11.4 Å². The summed E-state index contributed by atoms with van der Waals surface area (Å²) in [6.07, 6.45) is 8.01. The molecule has 1 N–H and O–H groups in total. The van der Waals surface area contributed by atoms with Crippen molar-refractivity contribution in [1.29, 1.82) is 0 Å². The molecule has 1 aliphatic carbocycles. The summed E-state index contributed by atoms with van der Waals surface area (Å²) >= 11 is 0. The Hall–Kier alpha value is -0.790. The molecule has 2 nitrogen and oxygen atoms in total. The highest BCUT2D eigenvalue weighted by Gasteiger charge is 2.31. The van der Waals surface area contributed by atoms with Crippen LogP contribution >= 0.6 is 0 Å². The van der Waals surface area contributed by atoms with Crippen LogP contribution in [0.15, 0.2) is 6.08 Å². The number of amides is 1. The first kappa shape index (κ1) is 5.96. The molecule has 0 aromatic rings. The van der Waals surface area contributed by atoms with Crippen molar-refractivity contribution in [3.05, 3.63) is 12.2 Å². The average Bonchev–Trinajstić information content (AvgIpc) is 2.27. The molecule has 2 unspecified atom stereocenters. The van der Waals surface area contributed by atoms with Crippen LogP contribution in [-0.2, 0) is 4.79 Å². The summed E-state index contributed by atoms with van der Waals surface area (Å²) in [7, 11) is 0. The maximum absolute atomic E-state index is 10.9. The first-order valence-corrected chi connectivity index (χ1v) is 3.72. The van der Waals surface area contributed by atoms with E-state index in [1.54, 1.807) is 0 Å². The molecule has 53 valence electrons. The third-order valence-electron chi connectivity index (χ3n) is 2.24. The minimum atomic E-state index is 0.204. The fourth-order valence-corrected chi connectivity index (χ4v) is 1.67. The molecular weight excluding hydrogens is 126 g/mol. The van der Waals surface area contributed by atoms with Gasteiger partial charge in [-0.2, -0.15) is 0 Å². The Labute approximate surface area is 60.3 Å². The second kappa shape index (κ2) is 2.11. The second-order valence-electron chi connectivity index (χ2n) is 2.97. The number of carbonyl (C=O) groups excluding carboxylic acids is 1. The Bertz CT molecular complexity index is 186. The largest absolute Gasteiger partial charge is 0.350 e. The van der Waals surface area contributed by atoms with Gasteiger partial charge in [-0.25, -0.2) is 0 Å². The maximum atomic E-state index is 10.9. The van der Waals surface area contributed by atoms with Gasteiger partial charge in [0.2, 0.25) is 5.91 Å². The van der Waals surface area contributed by atoms with E-state index >= 15 is 0 Å². The van der Waals surface area contributed by atoms with Crippen LogP contribution in [0.3, 0.4) is 0 Å². The van der Waals surface area contributed by atoms with Crippen LogP contribution in [0.2, 0.25) is 0 Å². The van der Waals surface area contributed by atoms with E-state index in [-0.39, 0.29) is 5.91 Å². The van der Waals surface area contributed by atoms with E-state index in [4.69, 9.17) is 0 Å². The van der Waals surface area contributed by atoms with E-state index in [0.29, 0.717) is 12.0 Å². The second-order valence-corrected chi connectivity index (χ2v) is 2.97. The molecule has 1 radical (unpaired) electrons. The van der Waals surface area contributed by atoms with Gasteiger partial charge in [0.05, 0.1) is 6.04 Å². The summed E-state index contributed by atoms with van der Waals surface area (Å²) in [5.41, 5.74) is 0. The van der Waals surface area contributed by atoms with Crippen LogP contribution in [0, 0.1) is 12.0 Å². The van der Waals surface area contributed by atoms with E-state index < -0.39 is 0 Å². The zero-order valence-electron chi connectivity index (χ0n) is 5.76. The lowest BCUT2D eigenvalue weighted by atomic mass is 9.91. The van der Waals surface area contributed by atoms with Crippen molar-refractivity contribution < 1.29 is 4.79 Å². The number of rotatable bonds is 0. The van der Waals surface area contributed by atoms with Crippen LogP contribution in [0.25, 0.3) is 0 Å². The Morgan fingerprint density at radius 1 is 1.70 bits per heavy atom. The van der Waals surface area contributed by atoms with Crippen LogP contribution in [0.4, 0.5) is 0 Å². The zero-order chi connectivity index (χ0) is 6.97. The first-order valence-electron chi connectivity index (χ1n) is 3.72. The van der Waals surface area contributed by atoms with Gasteiger partial charge in [-0.1, -0.05) is 6.08 Å². The third-order valence-corrected chi connectivity index (χ3v) is 2.24. The van der Waals surface area contributed by atoms with Crippen molar-refractivity contribution in [3.8, 4) is 0 Å². The topological polar surface area (TPSA) is 29.1 Å². The zero-order valence-corrected chi connectivity index (χ0v) is 5.76. The molecular formula is C8H10NO. The SMILES string of the molecule is O=C1CC2CC[C]=CC2N1. The number of hydrogen-bond acceptors (Lipinski definition) is 1. The molecule has 0 aromatic carbocycles. The Morgan fingerprint density at radius 3 is 3.40 bits per heavy atom. The number of allylic oxidation sites excluding steroid dienone is 1. The summed E-state index contributed by atoms with van der Waals surface area (Å²) in [6, 6.07) is 0.307. The van der Waals surface area contributed by atoms with E-state index in [1.807, 2.05) is 6.08 Å². The van der Waals surface area contributed by atoms with Gasteiger partial charge in [-0.15, -0.1) is 0 Å². The van der Waals surface area contributed by atoms with Gasteiger partial charge < -0.3 is 5.32 Å². The number of nitrogens with one attached hydrogen (secondary N) is 1. The van der Waals surface area contributed by atoms with Crippen LogP contribution in [0.1, 0.15) is 19.3 Å². The Kier molecular flexibility index (Phi) is 1.26. The van der Waals surface area contributed by atoms with Crippen molar-refractivity contribution in [2.45, 2.75) is 25.3 Å². The minimum Gasteiger partial charge on any atom is -0.350 e. The Balaban J connectivity index is 2.15. The maximum Gasteiger partial charge on any atom is 0.220 e. The predicted molar refractivity (Wildman–Crippen MR) is 37.1 cm³/mol. The first-order chi connectivity index (χ1) is 4.86. The summed E-state index contributed by atoms with van der Waals surface area (Å²) in [5.74, 6) is 0.767. The van der Waals surface area contributed by atoms with Crippen molar-refractivity contribution >= 4 is 5.91 Å². The van der Waals surface area contributed by atoms with Gasteiger partial charge in [0, 0.05) is 6.42 Å². The molecule has 0 aromatic heterocycles. The Morgan fingerprint density at radius 2 is 2.60 bits per heavy atom. The molecule has 2 aliphatic rings. The van der Waals surface area contributed by atoms with Crippen LogP contribution < -0.4 is 5.32 Å². The fraction of sp³-hybridized carbons (Fsp3) is 0.625. The molecule has 2 heteroatoms. The van der Waals surface area contributed by atoms with Gasteiger partial charge in [0.25, 0.3) is 0 Å². The van der Waals surface area contributed by atoms with Crippen LogP contribution in [-0.4, -0.2) is 11.9 Å². The highest BCUT2D eigenvalue weighted by molar-refractivity contribution is 5.79. The lowest BCUT2D eigenvalue weighted by Gasteiger charge is -2.17. The van der Waals surface area contributed by atoms with E-state index in [0.717, 1.165) is 19.3 Å². The average molecular weight is 136 g/mol. The molecule has 2 atom stereocenters. The highest BCUT2D eigenvalue weighted by atomic mass is 16.1. The summed E-state index contributed by atoms with van der Waals surface area (Å²) in [4.78, 5) is 10.9. The quantitative estimate of drug-likeness (QED) is 0.520. The van der Waals surface area contributed by atoms with E-state index in [1.165, 1.54) is 0 Å². The molecule has 2 rings (SSSR count). The van der Waals surface area contributed by atoms with Crippen molar-refractivity contribution in [3.63, 3.8) is 0 Å². The highest BCUT2D eigenvalue weighted by Crippen LogP contribution is 2.25. The molecule has 0 spiro atoms. The van der Waals surface area contributed by atoms with Gasteiger partial charge in [0.15, 0.2) is 0 Å². The fourth-order valence-electron chi connectivity index (χ4n) is 1.67. The molecule has 10 heavy (non-hydrogen) atoms. The van der Waals surface area contributed by atoms with Crippen molar-refractivity contribution in [2.75, 3.05) is 0 Å². The van der Waals surface area contributed by atoms with Gasteiger partial charge in [-0.05, 0) is 24.8 Å². The van der Waals surface area contributed by atoms with E-state index in [9.17, 15) is 4.79 Å². The molecule has 0 saturated carbocycles.